The number of thiocarbonyl (C=S) groups is 1. The van der Waals surface area contributed by atoms with Gasteiger partial charge in [-0.05, 0) is 24.5 Å². The Bertz CT molecular complexity index is 467. The van der Waals surface area contributed by atoms with Crippen LogP contribution in [0.15, 0.2) is 18.3 Å². The van der Waals surface area contributed by atoms with Crippen molar-refractivity contribution in [3.05, 3.63) is 23.9 Å². The van der Waals surface area contributed by atoms with Crippen LogP contribution in [0.2, 0.25) is 0 Å². The minimum absolute atomic E-state index is 0.0367. The topological polar surface area (TPSA) is 25.4 Å². The first-order chi connectivity index (χ1) is 8.93. The zero-order chi connectivity index (χ0) is 14.0. The highest BCUT2D eigenvalue weighted by Gasteiger charge is 2.32. The van der Waals surface area contributed by atoms with Gasteiger partial charge in [-0.1, -0.05) is 33.0 Å². The first-order valence-corrected chi connectivity index (χ1v) is 7.15. The molecule has 1 aromatic heterocycles. The zero-order valence-corrected chi connectivity index (χ0v) is 13.0. The van der Waals surface area contributed by atoms with Crippen molar-refractivity contribution in [1.82, 2.24) is 9.88 Å². The third kappa shape index (κ3) is 3.06. The van der Waals surface area contributed by atoms with E-state index in [1.165, 1.54) is 12.0 Å². The molecule has 19 heavy (non-hydrogen) atoms. The smallest absolute Gasteiger partial charge is 0.213 e. The number of aromatic nitrogens is 1. The summed E-state index contributed by atoms with van der Waals surface area (Å²) in [6.45, 7) is 7.58. The van der Waals surface area contributed by atoms with Crippen molar-refractivity contribution in [2.75, 3.05) is 13.7 Å². The minimum atomic E-state index is 0.0367. The van der Waals surface area contributed by atoms with Gasteiger partial charge in [0.15, 0.2) is 0 Å². The van der Waals surface area contributed by atoms with Crippen LogP contribution in [0.4, 0.5) is 0 Å². The summed E-state index contributed by atoms with van der Waals surface area (Å²) >= 11 is 5.67. The maximum Gasteiger partial charge on any atom is 0.213 e. The van der Waals surface area contributed by atoms with Gasteiger partial charge in [-0.25, -0.2) is 4.98 Å². The summed E-state index contributed by atoms with van der Waals surface area (Å²) in [6, 6.07) is 4.45. The highest BCUT2D eigenvalue weighted by Crippen LogP contribution is 2.36. The maximum absolute atomic E-state index is 5.67. The van der Waals surface area contributed by atoms with Crippen molar-refractivity contribution >= 4 is 17.2 Å². The van der Waals surface area contributed by atoms with Crippen LogP contribution in [-0.2, 0) is 0 Å². The van der Waals surface area contributed by atoms with Crippen LogP contribution in [0.5, 0.6) is 5.88 Å². The molecule has 2 rings (SSSR count). The Balaban J connectivity index is 2.25. The average molecular weight is 278 g/mol. The molecule has 0 N–H and O–H groups in total. The van der Waals surface area contributed by atoms with Crippen LogP contribution < -0.4 is 4.74 Å². The summed E-state index contributed by atoms with van der Waals surface area (Å²) in [4.78, 5) is 7.59. The van der Waals surface area contributed by atoms with Crippen molar-refractivity contribution in [3.8, 4) is 5.88 Å². The van der Waals surface area contributed by atoms with Crippen molar-refractivity contribution in [1.29, 1.82) is 0 Å². The molecule has 1 unspecified atom stereocenters. The van der Waals surface area contributed by atoms with Crippen LogP contribution in [0.3, 0.4) is 0 Å². The van der Waals surface area contributed by atoms with Gasteiger partial charge in [0.2, 0.25) is 5.88 Å². The molecule has 0 saturated carbocycles. The van der Waals surface area contributed by atoms with Gasteiger partial charge in [0.1, 0.15) is 0 Å². The first-order valence-electron chi connectivity index (χ1n) is 6.74. The molecule has 4 heteroatoms. The fraction of sp³-hybridized carbons (Fsp3) is 0.600. The lowest BCUT2D eigenvalue weighted by molar-refractivity contribution is 0.359. The molecule has 3 nitrogen and oxygen atoms in total. The first kappa shape index (κ1) is 14.3. The standard InChI is InChI=1S/C15H22N2OS/c1-15(2,3)14(19)17-9-5-6-12(17)11-7-8-16-13(10-11)18-4/h7-8,10,12H,5-6,9H2,1-4H3. The average Bonchev–Trinajstić information content (AvgIpc) is 2.85. The molecule has 1 saturated heterocycles. The molecule has 1 aliphatic heterocycles. The fourth-order valence-electron chi connectivity index (χ4n) is 2.53. The van der Waals surface area contributed by atoms with Gasteiger partial charge in [0, 0.05) is 24.2 Å². The zero-order valence-electron chi connectivity index (χ0n) is 12.1. The lowest BCUT2D eigenvalue weighted by atomic mass is 9.94. The summed E-state index contributed by atoms with van der Waals surface area (Å²) in [5.41, 5.74) is 1.28. The number of likely N-dealkylation sites (tertiary alicyclic amines) is 1. The fourth-order valence-corrected chi connectivity index (χ4v) is 2.75. The normalized spacial score (nSPS) is 19.6. The summed E-state index contributed by atoms with van der Waals surface area (Å²) < 4.78 is 5.21. The number of methoxy groups -OCH3 is 1. The molecule has 0 bridgehead atoms. The number of ether oxygens (including phenoxy) is 1. The number of nitrogens with zero attached hydrogens (tertiary/aromatic N) is 2. The molecular formula is C15H22N2OS. The molecule has 104 valence electrons. The van der Waals surface area contributed by atoms with Crippen molar-refractivity contribution in [3.63, 3.8) is 0 Å². The molecule has 0 spiro atoms. The highest BCUT2D eigenvalue weighted by molar-refractivity contribution is 7.80. The predicted octanol–water partition coefficient (Wildman–Crippen LogP) is 3.60. The molecule has 1 atom stereocenters. The highest BCUT2D eigenvalue weighted by atomic mass is 32.1. The number of hydrogen-bond donors (Lipinski definition) is 0. The van der Waals surface area contributed by atoms with Crippen molar-refractivity contribution in [2.45, 2.75) is 39.7 Å². The Hall–Kier alpha value is -1.16. The molecule has 1 aliphatic rings. The quantitative estimate of drug-likeness (QED) is 0.772. The van der Waals surface area contributed by atoms with E-state index in [-0.39, 0.29) is 5.41 Å². The Kier molecular flexibility index (Phi) is 4.09. The lowest BCUT2D eigenvalue weighted by Gasteiger charge is -2.34. The van der Waals surface area contributed by atoms with E-state index in [9.17, 15) is 0 Å². The van der Waals surface area contributed by atoms with E-state index < -0.39 is 0 Å². The minimum Gasteiger partial charge on any atom is -0.481 e. The van der Waals surface area contributed by atoms with Gasteiger partial charge in [-0.2, -0.15) is 0 Å². The van der Waals surface area contributed by atoms with Crippen molar-refractivity contribution < 1.29 is 4.74 Å². The number of hydrogen-bond acceptors (Lipinski definition) is 3. The van der Waals surface area contributed by atoms with Gasteiger partial charge in [0.05, 0.1) is 18.1 Å². The molecule has 0 aliphatic carbocycles. The summed E-state index contributed by atoms with van der Waals surface area (Å²) in [7, 11) is 1.65. The molecule has 0 radical (unpaired) electrons. The van der Waals surface area contributed by atoms with Crippen molar-refractivity contribution in [2.24, 2.45) is 5.41 Å². The van der Waals surface area contributed by atoms with Crippen LogP contribution >= 0.6 is 12.2 Å². The number of rotatable bonds is 2. The second-order valence-electron chi connectivity index (χ2n) is 6.04. The third-order valence-electron chi connectivity index (χ3n) is 3.51. The molecule has 1 fully saturated rings. The molecule has 2 heterocycles. The van der Waals surface area contributed by atoms with E-state index in [0.29, 0.717) is 11.9 Å². The monoisotopic (exact) mass is 278 g/mol. The van der Waals surface area contributed by atoms with E-state index >= 15 is 0 Å². The Morgan fingerprint density at radius 2 is 2.21 bits per heavy atom. The Labute approximate surface area is 121 Å². The lowest BCUT2D eigenvalue weighted by Crippen LogP contribution is -2.37. The van der Waals surface area contributed by atoms with Gasteiger partial charge < -0.3 is 9.64 Å². The molecular weight excluding hydrogens is 256 g/mol. The van der Waals surface area contributed by atoms with Gasteiger partial charge in [-0.3, -0.25) is 0 Å². The van der Waals surface area contributed by atoms with E-state index in [4.69, 9.17) is 17.0 Å². The summed E-state index contributed by atoms with van der Waals surface area (Å²) in [6.07, 6.45) is 4.14. The van der Waals surface area contributed by atoms with E-state index in [0.717, 1.165) is 18.0 Å². The Morgan fingerprint density at radius 3 is 2.84 bits per heavy atom. The summed E-state index contributed by atoms with van der Waals surface area (Å²) in [5, 5.41) is 0. The maximum atomic E-state index is 5.67. The SMILES string of the molecule is COc1cc(C2CCCN2C(=S)C(C)(C)C)ccn1. The largest absolute Gasteiger partial charge is 0.481 e. The van der Waals surface area contributed by atoms with E-state index in [1.807, 2.05) is 12.3 Å². The molecule has 1 aromatic rings. The second-order valence-corrected chi connectivity index (χ2v) is 6.42. The van der Waals surface area contributed by atoms with Crippen LogP contribution in [-0.4, -0.2) is 28.5 Å². The van der Waals surface area contributed by atoms with E-state index in [2.05, 4.69) is 36.7 Å². The molecule has 0 amide bonds. The van der Waals surface area contributed by atoms with Crippen LogP contribution in [0, 0.1) is 5.41 Å². The van der Waals surface area contributed by atoms with Gasteiger partial charge in [0.25, 0.3) is 0 Å². The van der Waals surface area contributed by atoms with Crippen LogP contribution in [0.1, 0.15) is 45.2 Å². The van der Waals surface area contributed by atoms with Gasteiger partial charge >= 0.3 is 0 Å². The van der Waals surface area contributed by atoms with E-state index in [1.54, 1.807) is 7.11 Å². The predicted molar refractivity (Wildman–Crippen MR) is 81.5 cm³/mol. The van der Waals surface area contributed by atoms with Gasteiger partial charge in [-0.15, -0.1) is 0 Å². The Morgan fingerprint density at radius 1 is 1.47 bits per heavy atom. The second kappa shape index (κ2) is 5.45. The van der Waals surface area contributed by atoms with Crippen LogP contribution in [0.25, 0.3) is 0 Å². The summed E-state index contributed by atoms with van der Waals surface area (Å²) in [5.74, 6) is 0.672. The molecule has 0 aromatic carbocycles. The third-order valence-corrected chi connectivity index (χ3v) is 4.35. The number of pyridine rings is 1.